The van der Waals surface area contributed by atoms with Crippen molar-refractivity contribution in [3.8, 4) is 0 Å². The van der Waals surface area contributed by atoms with Crippen molar-refractivity contribution in [2.75, 3.05) is 11.1 Å². The van der Waals surface area contributed by atoms with Crippen LogP contribution in [0.25, 0.3) is 0 Å². The maximum atomic E-state index is 12.0. The van der Waals surface area contributed by atoms with E-state index in [1.54, 1.807) is 17.8 Å². The summed E-state index contributed by atoms with van der Waals surface area (Å²) in [5, 5.41) is 3.61. The standard InChI is InChI=1S/C12H13BrClNOS/c13-9-5-4-8(7-10(9)14)15-12(16)11-3-1-2-6-17-11/h4-5,7,11H,1-3,6H2,(H,15,16). The molecule has 1 N–H and O–H groups in total. The SMILES string of the molecule is O=C(Nc1ccc(Br)c(Cl)c1)C1CCCCS1. The molecule has 1 fully saturated rings. The lowest BCUT2D eigenvalue weighted by Gasteiger charge is -2.20. The third-order valence-corrected chi connectivity index (χ3v) is 5.27. The Bertz CT molecular complexity index is 421. The lowest BCUT2D eigenvalue weighted by Crippen LogP contribution is -2.27. The van der Waals surface area contributed by atoms with E-state index in [1.165, 1.54) is 6.42 Å². The van der Waals surface area contributed by atoms with E-state index in [2.05, 4.69) is 21.2 Å². The highest BCUT2D eigenvalue weighted by atomic mass is 79.9. The van der Waals surface area contributed by atoms with Gasteiger partial charge in [-0.15, -0.1) is 11.8 Å². The van der Waals surface area contributed by atoms with Crippen LogP contribution in [0.2, 0.25) is 5.02 Å². The van der Waals surface area contributed by atoms with Gasteiger partial charge < -0.3 is 5.32 Å². The third-order valence-electron chi connectivity index (χ3n) is 2.66. The molecule has 0 spiro atoms. The number of carbonyl (C=O) groups is 1. The Hall–Kier alpha value is -0.190. The number of halogens is 2. The molecule has 2 rings (SSSR count). The van der Waals surface area contributed by atoms with Gasteiger partial charge in [0.25, 0.3) is 0 Å². The lowest BCUT2D eigenvalue weighted by atomic mass is 10.2. The maximum absolute atomic E-state index is 12.0. The second-order valence-electron chi connectivity index (χ2n) is 3.97. The summed E-state index contributed by atoms with van der Waals surface area (Å²) in [5.74, 6) is 1.17. The largest absolute Gasteiger partial charge is 0.325 e. The van der Waals surface area contributed by atoms with Crippen molar-refractivity contribution in [3.63, 3.8) is 0 Å². The topological polar surface area (TPSA) is 29.1 Å². The Morgan fingerprint density at radius 1 is 1.47 bits per heavy atom. The van der Waals surface area contributed by atoms with Crippen LogP contribution in [-0.2, 0) is 4.79 Å². The van der Waals surface area contributed by atoms with Crippen molar-refractivity contribution in [2.24, 2.45) is 0 Å². The number of amides is 1. The van der Waals surface area contributed by atoms with Crippen LogP contribution < -0.4 is 5.32 Å². The zero-order chi connectivity index (χ0) is 12.3. The molecule has 1 heterocycles. The van der Waals surface area contributed by atoms with Crippen molar-refractivity contribution in [2.45, 2.75) is 24.5 Å². The predicted octanol–water partition coefficient (Wildman–Crippen LogP) is 4.33. The fraction of sp³-hybridized carbons (Fsp3) is 0.417. The summed E-state index contributed by atoms with van der Waals surface area (Å²) < 4.78 is 0.837. The second-order valence-corrected chi connectivity index (χ2v) is 6.55. The van der Waals surface area contributed by atoms with Crippen molar-refractivity contribution >= 4 is 50.9 Å². The molecular formula is C12H13BrClNOS. The first-order valence-electron chi connectivity index (χ1n) is 5.54. The number of benzene rings is 1. The van der Waals surface area contributed by atoms with Gasteiger partial charge in [-0.05, 0) is 52.7 Å². The zero-order valence-corrected chi connectivity index (χ0v) is 12.4. The molecule has 92 valence electrons. The summed E-state index contributed by atoms with van der Waals surface area (Å²) >= 11 is 11.0. The average molecular weight is 335 g/mol. The molecule has 0 radical (unpaired) electrons. The molecule has 1 aliphatic heterocycles. The number of rotatable bonds is 2. The molecule has 1 aromatic carbocycles. The van der Waals surface area contributed by atoms with Crippen LogP contribution in [0.5, 0.6) is 0 Å². The number of anilines is 1. The summed E-state index contributed by atoms with van der Waals surface area (Å²) in [6, 6.07) is 5.45. The van der Waals surface area contributed by atoms with Crippen LogP contribution >= 0.6 is 39.3 Å². The van der Waals surface area contributed by atoms with E-state index in [-0.39, 0.29) is 11.2 Å². The molecule has 1 amide bonds. The molecule has 17 heavy (non-hydrogen) atoms. The van der Waals surface area contributed by atoms with Crippen LogP contribution in [0.1, 0.15) is 19.3 Å². The van der Waals surface area contributed by atoms with Gasteiger partial charge in [0, 0.05) is 10.2 Å². The molecular weight excluding hydrogens is 322 g/mol. The van der Waals surface area contributed by atoms with E-state index < -0.39 is 0 Å². The van der Waals surface area contributed by atoms with Crippen molar-refractivity contribution in [1.82, 2.24) is 0 Å². The molecule has 0 aromatic heterocycles. The fourth-order valence-corrected chi connectivity index (χ4v) is 3.37. The van der Waals surface area contributed by atoms with Gasteiger partial charge in [0.1, 0.15) is 0 Å². The van der Waals surface area contributed by atoms with Crippen molar-refractivity contribution in [1.29, 1.82) is 0 Å². The predicted molar refractivity (Wildman–Crippen MR) is 77.9 cm³/mol. The number of hydrogen-bond donors (Lipinski definition) is 1. The Balaban J connectivity index is 1.99. The molecule has 1 atom stereocenters. The first-order chi connectivity index (χ1) is 8.16. The summed E-state index contributed by atoms with van der Waals surface area (Å²) in [5.41, 5.74) is 0.759. The van der Waals surface area contributed by atoms with Gasteiger partial charge in [0.15, 0.2) is 0 Å². The Morgan fingerprint density at radius 2 is 2.29 bits per heavy atom. The number of nitrogens with one attached hydrogen (secondary N) is 1. The van der Waals surface area contributed by atoms with Gasteiger partial charge in [0.05, 0.1) is 10.3 Å². The van der Waals surface area contributed by atoms with E-state index in [0.29, 0.717) is 5.02 Å². The second kappa shape index (κ2) is 6.12. The van der Waals surface area contributed by atoms with E-state index in [0.717, 1.165) is 28.8 Å². The number of carbonyl (C=O) groups excluding carboxylic acids is 1. The van der Waals surface area contributed by atoms with Crippen LogP contribution in [0, 0.1) is 0 Å². The highest BCUT2D eigenvalue weighted by Gasteiger charge is 2.21. The molecule has 5 heteroatoms. The summed E-state index contributed by atoms with van der Waals surface area (Å²) in [4.78, 5) is 12.0. The first-order valence-corrected chi connectivity index (χ1v) is 7.76. The normalized spacial score (nSPS) is 20.0. The Labute approximate surface area is 119 Å². The van der Waals surface area contributed by atoms with Gasteiger partial charge in [-0.1, -0.05) is 18.0 Å². The number of hydrogen-bond acceptors (Lipinski definition) is 2. The molecule has 0 saturated carbocycles. The molecule has 2 nitrogen and oxygen atoms in total. The molecule has 1 saturated heterocycles. The van der Waals surface area contributed by atoms with Crippen LogP contribution in [0.4, 0.5) is 5.69 Å². The fourth-order valence-electron chi connectivity index (χ4n) is 1.74. The quantitative estimate of drug-likeness (QED) is 0.872. The molecule has 1 unspecified atom stereocenters. The van der Waals surface area contributed by atoms with Crippen LogP contribution in [-0.4, -0.2) is 16.9 Å². The Kier molecular flexibility index (Phi) is 4.77. The minimum atomic E-state index is 0.0890. The van der Waals surface area contributed by atoms with Crippen LogP contribution in [0.15, 0.2) is 22.7 Å². The number of thioether (sulfide) groups is 1. The highest BCUT2D eigenvalue weighted by Crippen LogP contribution is 2.28. The molecule has 0 aliphatic carbocycles. The maximum Gasteiger partial charge on any atom is 0.237 e. The summed E-state index contributed by atoms with van der Waals surface area (Å²) in [7, 11) is 0. The van der Waals surface area contributed by atoms with Gasteiger partial charge in [-0.2, -0.15) is 0 Å². The minimum absolute atomic E-state index is 0.0890. The third kappa shape index (κ3) is 3.63. The monoisotopic (exact) mass is 333 g/mol. The smallest absolute Gasteiger partial charge is 0.237 e. The van der Waals surface area contributed by atoms with Crippen molar-refractivity contribution in [3.05, 3.63) is 27.7 Å². The van der Waals surface area contributed by atoms with E-state index >= 15 is 0 Å². The molecule has 0 bridgehead atoms. The van der Waals surface area contributed by atoms with Crippen LogP contribution in [0.3, 0.4) is 0 Å². The van der Waals surface area contributed by atoms with Crippen molar-refractivity contribution < 1.29 is 4.79 Å². The highest BCUT2D eigenvalue weighted by molar-refractivity contribution is 9.10. The molecule has 1 aromatic rings. The Morgan fingerprint density at radius 3 is 2.94 bits per heavy atom. The molecule has 1 aliphatic rings. The van der Waals surface area contributed by atoms with E-state index in [9.17, 15) is 4.79 Å². The summed E-state index contributed by atoms with van der Waals surface area (Å²) in [6.07, 6.45) is 3.34. The van der Waals surface area contributed by atoms with E-state index in [4.69, 9.17) is 11.6 Å². The van der Waals surface area contributed by atoms with Gasteiger partial charge >= 0.3 is 0 Å². The van der Waals surface area contributed by atoms with Gasteiger partial charge in [0.2, 0.25) is 5.91 Å². The lowest BCUT2D eigenvalue weighted by molar-refractivity contribution is -0.115. The first kappa shape index (κ1) is 13.2. The van der Waals surface area contributed by atoms with Gasteiger partial charge in [-0.25, -0.2) is 0 Å². The average Bonchev–Trinajstić information content (AvgIpc) is 2.35. The van der Waals surface area contributed by atoms with E-state index in [1.807, 2.05) is 12.1 Å². The minimum Gasteiger partial charge on any atom is -0.325 e. The van der Waals surface area contributed by atoms with Gasteiger partial charge in [-0.3, -0.25) is 4.79 Å². The summed E-state index contributed by atoms with van der Waals surface area (Å²) in [6.45, 7) is 0. The zero-order valence-electron chi connectivity index (χ0n) is 9.21.